The molecule has 0 N–H and O–H groups in total. The molecular weight excluding hydrogens is 335 g/mol. The average Bonchev–Trinajstić information content (AvgIpc) is 2.86. The summed E-state index contributed by atoms with van der Waals surface area (Å²) in [5, 5.41) is 0. The van der Waals surface area contributed by atoms with Crippen LogP contribution in [0.5, 0.6) is 0 Å². The van der Waals surface area contributed by atoms with Crippen molar-refractivity contribution in [3.8, 4) is 0 Å². The maximum atomic E-state index is 13.0. The fraction of sp³-hybridized carbons (Fsp3) is 0.312. The van der Waals surface area contributed by atoms with Crippen molar-refractivity contribution in [2.45, 2.75) is 26.4 Å². The zero-order chi connectivity index (χ0) is 15.6. The predicted molar refractivity (Wildman–Crippen MR) is 84.7 cm³/mol. The fourth-order valence-electron chi connectivity index (χ4n) is 2.24. The van der Waals surface area contributed by atoms with Crippen molar-refractivity contribution in [2.24, 2.45) is 0 Å². The highest BCUT2D eigenvalue weighted by Crippen LogP contribution is 2.23. The third-order valence-corrected chi connectivity index (χ3v) is 4.11. The molecule has 0 fully saturated rings. The molecule has 0 aliphatic rings. The monoisotopic (exact) mass is 352 g/mol. The lowest BCUT2D eigenvalue weighted by molar-refractivity contribution is 0.0732. The van der Waals surface area contributed by atoms with Crippen LogP contribution in [0.25, 0.3) is 0 Å². The van der Waals surface area contributed by atoms with Gasteiger partial charge < -0.3 is 9.47 Å². The van der Waals surface area contributed by atoms with Gasteiger partial charge in [-0.1, -0.05) is 12.1 Å². The number of carbonyl (C=O) groups excluding carboxylic acids is 1. The van der Waals surface area contributed by atoms with Crippen LogP contribution in [0.1, 0.15) is 35.9 Å². The van der Waals surface area contributed by atoms with E-state index in [-0.39, 0.29) is 17.8 Å². The second-order valence-corrected chi connectivity index (χ2v) is 5.89. The van der Waals surface area contributed by atoms with E-state index < -0.39 is 0 Å². The van der Waals surface area contributed by atoms with E-state index in [1.54, 1.807) is 24.1 Å². The summed E-state index contributed by atoms with van der Waals surface area (Å²) in [4.78, 5) is 14.3. The summed E-state index contributed by atoms with van der Waals surface area (Å²) in [5.74, 6) is -0.330. The minimum absolute atomic E-state index is 0.0561. The zero-order valence-electron chi connectivity index (χ0n) is 12.3. The molecule has 5 heteroatoms. The molecule has 0 aliphatic carbocycles. The van der Waals surface area contributed by atoms with Gasteiger partial charge in [0.1, 0.15) is 11.5 Å². The highest BCUT2D eigenvalue weighted by molar-refractivity contribution is 9.10. The molecule has 1 amide bonds. The van der Waals surface area contributed by atoms with Gasteiger partial charge in [0.05, 0.1) is 6.04 Å². The van der Waals surface area contributed by atoms with Crippen molar-refractivity contribution >= 4 is 21.8 Å². The van der Waals surface area contributed by atoms with E-state index in [1.807, 2.05) is 30.7 Å². The first-order valence-corrected chi connectivity index (χ1v) is 7.61. The van der Waals surface area contributed by atoms with E-state index in [0.29, 0.717) is 5.69 Å². The SMILES string of the molecule is CCn1cc(Br)cc1C(=O)N(C)C(C)c1ccc(F)cc1. The standard InChI is InChI=1S/C16H18BrFN2O/c1-4-20-10-13(17)9-15(20)16(21)19(3)11(2)12-5-7-14(18)8-6-12/h5-11H,4H2,1-3H3. The molecule has 0 saturated carbocycles. The Bertz CT molecular complexity index is 636. The second kappa shape index (κ2) is 6.43. The third kappa shape index (κ3) is 3.35. The van der Waals surface area contributed by atoms with Crippen LogP contribution in [-0.2, 0) is 6.54 Å². The summed E-state index contributed by atoms with van der Waals surface area (Å²) in [6.07, 6.45) is 1.89. The Hall–Kier alpha value is -1.62. The topological polar surface area (TPSA) is 25.2 Å². The van der Waals surface area contributed by atoms with Gasteiger partial charge in [0.15, 0.2) is 0 Å². The van der Waals surface area contributed by atoms with E-state index in [9.17, 15) is 9.18 Å². The Morgan fingerprint density at radius 2 is 2.00 bits per heavy atom. The van der Waals surface area contributed by atoms with E-state index in [0.717, 1.165) is 16.6 Å². The molecule has 0 aliphatic heterocycles. The number of aromatic nitrogens is 1. The van der Waals surface area contributed by atoms with Crippen molar-refractivity contribution in [1.29, 1.82) is 0 Å². The van der Waals surface area contributed by atoms with Crippen molar-refractivity contribution in [1.82, 2.24) is 9.47 Å². The number of rotatable bonds is 4. The van der Waals surface area contributed by atoms with Crippen LogP contribution in [-0.4, -0.2) is 22.4 Å². The molecule has 0 radical (unpaired) electrons. The van der Waals surface area contributed by atoms with Gasteiger partial charge in [0.25, 0.3) is 5.91 Å². The molecule has 1 heterocycles. The lowest BCUT2D eigenvalue weighted by Gasteiger charge is -2.25. The highest BCUT2D eigenvalue weighted by Gasteiger charge is 2.21. The zero-order valence-corrected chi connectivity index (χ0v) is 13.9. The van der Waals surface area contributed by atoms with Crippen LogP contribution >= 0.6 is 15.9 Å². The summed E-state index contributed by atoms with van der Waals surface area (Å²) < 4.78 is 15.8. The molecule has 3 nitrogen and oxygen atoms in total. The largest absolute Gasteiger partial charge is 0.343 e. The van der Waals surface area contributed by atoms with Crippen LogP contribution in [0, 0.1) is 5.82 Å². The Balaban J connectivity index is 2.23. The number of amides is 1. The molecule has 1 unspecified atom stereocenters. The number of nitrogens with zero attached hydrogens (tertiary/aromatic N) is 2. The van der Waals surface area contributed by atoms with Gasteiger partial charge in [-0.15, -0.1) is 0 Å². The third-order valence-electron chi connectivity index (χ3n) is 3.68. The number of hydrogen-bond donors (Lipinski definition) is 0. The van der Waals surface area contributed by atoms with Crippen LogP contribution in [0.3, 0.4) is 0 Å². The molecule has 112 valence electrons. The first-order chi connectivity index (χ1) is 9.93. The van der Waals surface area contributed by atoms with Gasteiger partial charge >= 0.3 is 0 Å². The molecule has 1 aromatic heterocycles. The minimum atomic E-state index is -0.274. The second-order valence-electron chi connectivity index (χ2n) is 4.97. The van der Waals surface area contributed by atoms with Crippen molar-refractivity contribution < 1.29 is 9.18 Å². The number of benzene rings is 1. The van der Waals surface area contributed by atoms with E-state index in [4.69, 9.17) is 0 Å². The Labute approximate surface area is 132 Å². The number of halogens is 2. The summed E-state index contributed by atoms with van der Waals surface area (Å²) in [5.41, 5.74) is 1.54. The molecule has 0 saturated heterocycles. The molecule has 2 aromatic rings. The maximum Gasteiger partial charge on any atom is 0.270 e. The minimum Gasteiger partial charge on any atom is -0.343 e. The summed E-state index contributed by atoms with van der Waals surface area (Å²) in [6, 6.07) is 7.93. The first kappa shape index (κ1) is 15.8. The maximum absolute atomic E-state index is 13.0. The molecule has 0 bridgehead atoms. The predicted octanol–water partition coefficient (Wildman–Crippen LogP) is 4.24. The van der Waals surface area contributed by atoms with E-state index in [1.165, 1.54) is 12.1 Å². The lowest BCUT2D eigenvalue weighted by atomic mass is 10.1. The Morgan fingerprint density at radius 1 is 1.38 bits per heavy atom. The highest BCUT2D eigenvalue weighted by atomic mass is 79.9. The normalized spacial score (nSPS) is 12.2. The van der Waals surface area contributed by atoms with Crippen LogP contribution < -0.4 is 0 Å². The quantitative estimate of drug-likeness (QED) is 0.807. The van der Waals surface area contributed by atoms with Crippen molar-refractivity contribution in [2.75, 3.05) is 7.05 Å². The van der Waals surface area contributed by atoms with Gasteiger partial charge in [-0.3, -0.25) is 4.79 Å². The summed E-state index contributed by atoms with van der Waals surface area (Å²) in [7, 11) is 1.76. The van der Waals surface area contributed by atoms with Gasteiger partial charge in [-0.2, -0.15) is 0 Å². The van der Waals surface area contributed by atoms with E-state index >= 15 is 0 Å². The number of hydrogen-bond acceptors (Lipinski definition) is 1. The molecular formula is C16H18BrFN2O. The Kier molecular flexibility index (Phi) is 4.83. The smallest absolute Gasteiger partial charge is 0.270 e. The average molecular weight is 353 g/mol. The lowest BCUT2D eigenvalue weighted by Crippen LogP contribution is -2.31. The number of aryl methyl sites for hydroxylation is 1. The van der Waals surface area contributed by atoms with Gasteiger partial charge in [-0.05, 0) is 53.5 Å². The fourth-order valence-corrected chi connectivity index (χ4v) is 2.70. The van der Waals surface area contributed by atoms with E-state index in [2.05, 4.69) is 15.9 Å². The Morgan fingerprint density at radius 3 is 2.57 bits per heavy atom. The molecule has 0 spiro atoms. The molecule has 2 rings (SSSR count). The number of carbonyl (C=O) groups is 1. The molecule has 1 aromatic carbocycles. The summed E-state index contributed by atoms with van der Waals surface area (Å²) >= 11 is 3.40. The van der Waals surface area contributed by atoms with Gasteiger partial charge in [0, 0.05) is 24.3 Å². The molecule has 1 atom stereocenters. The summed E-state index contributed by atoms with van der Waals surface area (Å²) in [6.45, 7) is 4.65. The first-order valence-electron chi connectivity index (χ1n) is 6.82. The van der Waals surface area contributed by atoms with Crippen molar-refractivity contribution in [3.63, 3.8) is 0 Å². The van der Waals surface area contributed by atoms with Crippen LogP contribution in [0.4, 0.5) is 4.39 Å². The molecule has 21 heavy (non-hydrogen) atoms. The van der Waals surface area contributed by atoms with Crippen LogP contribution in [0.2, 0.25) is 0 Å². The van der Waals surface area contributed by atoms with Gasteiger partial charge in [0.2, 0.25) is 0 Å². The van der Waals surface area contributed by atoms with Crippen molar-refractivity contribution in [3.05, 3.63) is 58.1 Å². The van der Waals surface area contributed by atoms with Crippen LogP contribution in [0.15, 0.2) is 41.0 Å². The van der Waals surface area contributed by atoms with Gasteiger partial charge in [-0.25, -0.2) is 4.39 Å².